The van der Waals surface area contributed by atoms with E-state index in [1.165, 1.54) is 16.8 Å². The lowest BCUT2D eigenvalue weighted by Gasteiger charge is -2.17. The molecule has 1 atom stereocenters. The number of anilines is 1. The van der Waals surface area contributed by atoms with Gasteiger partial charge in [-0.3, -0.25) is 4.99 Å². The van der Waals surface area contributed by atoms with Gasteiger partial charge in [-0.15, -0.1) is 12.4 Å². The predicted molar refractivity (Wildman–Crippen MR) is 88.2 cm³/mol. The van der Waals surface area contributed by atoms with Gasteiger partial charge in [0, 0.05) is 18.7 Å². The summed E-state index contributed by atoms with van der Waals surface area (Å²) in [6.07, 6.45) is 2.18. The Morgan fingerprint density at radius 3 is 2.45 bits per heavy atom. The van der Waals surface area contributed by atoms with Gasteiger partial charge in [0.05, 0.1) is 0 Å². The lowest BCUT2D eigenvalue weighted by molar-refractivity contribution is 0.773. The molecule has 3 heteroatoms. The lowest BCUT2D eigenvalue weighted by Crippen LogP contribution is -2.20. The average Bonchev–Trinajstić information content (AvgIpc) is 2.67. The highest BCUT2D eigenvalue weighted by Gasteiger charge is 2.22. The maximum atomic E-state index is 4.47. The van der Waals surface area contributed by atoms with Gasteiger partial charge in [-0.25, -0.2) is 0 Å². The Morgan fingerprint density at radius 2 is 1.70 bits per heavy atom. The lowest BCUT2D eigenvalue weighted by atomic mass is 9.92. The van der Waals surface area contributed by atoms with Crippen LogP contribution in [-0.4, -0.2) is 12.9 Å². The van der Waals surface area contributed by atoms with E-state index in [1.54, 1.807) is 0 Å². The van der Waals surface area contributed by atoms with Crippen molar-refractivity contribution in [3.8, 4) is 0 Å². The standard InChI is InChI=1S/C17H18N2.ClH/c1-18-17-15(13-7-3-2-4-8-13)12-11-14-9-5-6-10-16(14)19-17;/h2-10,15H,11-12H2,1H3,(H,18,19);1H. The van der Waals surface area contributed by atoms with Gasteiger partial charge >= 0.3 is 0 Å². The van der Waals surface area contributed by atoms with Gasteiger partial charge in [0.15, 0.2) is 0 Å². The van der Waals surface area contributed by atoms with E-state index in [0.717, 1.165) is 18.7 Å². The fraction of sp³-hybridized carbons (Fsp3) is 0.235. The molecule has 0 amide bonds. The number of aliphatic imine (C=N–C) groups is 1. The molecule has 0 spiro atoms. The normalized spacial score (nSPS) is 19.4. The number of amidine groups is 1. The molecule has 0 aliphatic carbocycles. The molecular formula is C17H19ClN2. The number of fused-ring (bicyclic) bond motifs is 1. The van der Waals surface area contributed by atoms with Crippen molar-refractivity contribution in [2.75, 3.05) is 12.4 Å². The molecule has 1 unspecified atom stereocenters. The third-order valence-corrected chi connectivity index (χ3v) is 3.76. The van der Waals surface area contributed by atoms with Gasteiger partial charge < -0.3 is 5.32 Å². The number of aryl methyl sites for hydroxylation is 1. The largest absolute Gasteiger partial charge is 0.343 e. The molecule has 0 bridgehead atoms. The summed E-state index contributed by atoms with van der Waals surface area (Å²) in [6, 6.07) is 19.1. The number of benzene rings is 2. The summed E-state index contributed by atoms with van der Waals surface area (Å²) < 4.78 is 0. The van der Waals surface area contributed by atoms with Crippen molar-refractivity contribution < 1.29 is 0 Å². The number of rotatable bonds is 1. The van der Waals surface area contributed by atoms with Crippen molar-refractivity contribution in [1.82, 2.24) is 0 Å². The molecule has 0 aromatic heterocycles. The minimum Gasteiger partial charge on any atom is -0.343 e. The number of hydrogen-bond donors (Lipinski definition) is 1. The first-order valence-electron chi connectivity index (χ1n) is 6.75. The van der Waals surface area contributed by atoms with Gasteiger partial charge in [0.2, 0.25) is 0 Å². The molecule has 1 aliphatic heterocycles. The van der Waals surface area contributed by atoms with Gasteiger partial charge in [0.1, 0.15) is 5.84 Å². The van der Waals surface area contributed by atoms with Gasteiger partial charge in [-0.05, 0) is 30.0 Å². The Hall–Kier alpha value is -1.80. The van der Waals surface area contributed by atoms with Crippen LogP contribution >= 0.6 is 12.4 Å². The number of nitrogens with zero attached hydrogens (tertiary/aromatic N) is 1. The Labute approximate surface area is 126 Å². The molecule has 0 fully saturated rings. The zero-order chi connectivity index (χ0) is 13.1. The van der Waals surface area contributed by atoms with E-state index < -0.39 is 0 Å². The summed E-state index contributed by atoms with van der Waals surface area (Å²) in [4.78, 5) is 4.47. The van der Waals surface area contributed by atoms with E-state index in [-0.39, 0.29) is 12.4 Å². The Morgan fingerprint density at radius 1 is 1.00 bits per heavy atom. The van der Waals surface area contributed by atoms with Gasteiger partial charge in [-0.1, -0.05) is 48.5 Å². The molecule has 104 valence electrons. The van der Waals surface area contributed by atoms with E-state index in [9.17, 15) is 0 Å². The van der Waals surface area contributed by atoms with Crippen molar-refractivity contribution >= 4 is 23.9 Å². The van der Waals surface area contributed by atoms with Crippen molar-refractivity contribution in [2.45, 2.75) is 18.8 Å². The molecule has 2 aromatic carbocycles. The van der Waals surface area contributed by atoms with Gasteiger partial charge in [-0.2, -0.15) is 0 Å². The van der Waals surface area contributed by atoms with Crippen LogP contribution in [0.1, 0.15) is 23.5 Å². The number of hydrogen-bond acceptors (Lipinski definition) is 1. The number of para-hydroxylation sites is 1. The monoisotopic (exact) mass is 286 g/mol. The molecule has 0 saturated heterocycles. The van der Waals surface area contributed by atoms with Crippen LogP contribution in [-0.2, 0) is 6.42 Å². The third-order valence-electron chi connectivity index (χ3n) is 3.76. The van der Waals surface area contributed by atoms with Crippen molar-refractivity contribution in [1.29, 1.82) is 0 Å². The van der Waals surface area contributed by atoms with Crippen molar-refractivity contribution in [3.63, 3.8) is 0 Å². The summed E-state index contributed by atoms with van der Waals surface area (Å²) in [5, 5.41) is 3.51. The molecule has 20 heavy (non-hydrogen) atoms. The maximum absolute atomic E-state index is 4.47. The second-order valence-corrected chi connectivity index (χ2v) is 4.89. The number of halogens is 1. The molecule has 1 aliphatic rings. The van der Waals surface area contributed by atoms with Crippen LogP contribution in [0.5, 0.6) is 0 Å². The van der Waals surface area contributed by atoms with Crippen LogP contribution < -0.4 is 5.32 Å². The topological polar surface area (TPSA) is 24.4 Å². The summed E-state index contributed by atoms with van der Waals surface area (Å²) in [6.45, 7) is 0. The maximum Gasteiger partial charge on any atom is 0.108 e. The molecule has 2 nitrogen and oxygen atoms in total. The summed E-state index contributed by atoms with van der Waals surface area (Å²) in [5.41, 5.74) is 3.91. The Bertz CT molecular complexity index is 593. The molecule has 2 aromatic rings. The predicted octanol–water partition coefficient (Wildman–Crippen LogP) is 4.28. The van der Waals surface area contributed by atoms with E-state index in [1.807, 2.05) is 7.05 Å². The molecular weight excluding hydrogens is 268 g/mol. The first-order chi connectivity index (χ1) is 9.38. The minimum atomic E-state index is 0. The van der Waals surface area contributed by atoms with E-state index in [4.69, 9.17) is 0 Å². The van der Waals surface area contributed by atoms with E-state index >= 15 is 0 Å². The first kappa shape index (κ1) is 14.6. The van der Waals surface area contributed by atoms with Crippen molar-refractivity contribution in [2.24, 2.45) is 4.99 Å². The van der Waals surface area contributed by atoms with Crippen LogP contribution in [0.4, 0.5) is 5.69 Å². The fourth-order valence-corrected chi connectivity index (χ4v) is 2.74. The number of nitrogens with one attached hydrogen (secondary N) is 1. The Kier molecular flexibility index (Phi) is 4.80. The summed E-state index contributed by atoms with van der Waals surface area (Å²) in [5.74, 6) is 1.43. The average molecular weight is 287 g/mol. The van der Waals surface area contributed by atoms with Crippen LogP contribution in [0.25, 0.3) is 0 Å². The SMILES string of the molecule is CN=C1Nc2ccccc2CCC1c1ccccc1.Cl. The quantitative estimate of drug-likeness (QED) is 0.831. The van der Waals surface area contributed by atoms with Crippen LogP contribution in [0.3, 0.4) is 0 Å². The van der Waals surface area contributed by atoms with Crippen molar-refractivity contribution in [3.05, 3.63) is 65.7 Å². The molecule has 3 rings (SSSR count). The van der Waals surface area contributed by atoms with Crippen LogP contribution in [0.2, 0.25) is 0 Å². The smallest absolute Gasteiger partial charge is 0.108 e. The summed E-state index contributed by atoms with van der Waals surface area (Å²) in [7, 11) is 1.87. The zero-order valence-electron chi connectivity index (χ0n) is 11.5. The molecule has 0 radical (unpaired) electrons. The highest BCUT2D eigenvalue weighted by atomic mass is 35.5. The fourth-order valence-electron chi connectivity index (χ4n) is 2.74. The first-order valence-corrected chi connectivity index (χ1v) is 6.75. The molecule has 1 N–H and O–H groups in total. The van der Waals surface area contributed by atoms with Crippen LogP contribution in [0, 0.1) is 0 Å². The van der Waals surface area contributed by atoms with E-state index in [2.05, 4.69) is 64.9 Å². The third kappa shape index (κ3) is 2.86. The zero-order valence-corrected chi connectivity index (χ0v) is 12.4. The van der Waals surface area contributed by atoms with Crippen LogP contribution in [0.15, 0.2) is 59.6 Å². The highest BCUT2D eigenvalue weighted by molar-refractivity contribution is 6.01. The molecule has 1 heterocycles. The second-order valence-electron chi connectivity index (χ2n) is 4.89. The second kappa shape index (κ2) is 6.58. The summed E-state index contributed by atoms with van der Waals surface area (Å²) >= 11 is 0. The highest BCUT2D eigenvalue weighted by Crippen LogP contribution is 2.30. The van der Waals surface area contributed by atoms with E-state index in [0.29, 0.717) is 5.92 Å². The Balaban J connectivity index is 0.00000147. The molecule has 0 saturated carbocycles. The minimum absolute atomic E-state index is 0. The van der Waals surface area contributed by atoms with Gasteiger partial charge in [0.25, 0.3) is 0 Å².